The van der Waals surface area contributed by atoms with Crippen molar-refractivity contribution in [2.75, 3.05) is 7.11 Å². The predicted octanol–water partition coefficient (Wildman–Crippen LogP) is 5.76. The Morgan fingerprint density at radius 1 is 1.10 bits per heavy atom. The number of benzene rings is 2. The molecule has 0 N–H and O–H groups in total. The summed E-state index contributed by atoms with van der Waals surface area (Å²) in [6.45, 7) is 5.74. The van der Waals surface area contributed by atoms with Crippen molar-refractivity contribution in [2.45, 2.75) is 39.7 Å². The molecule has 160 valence electrons. The summed E-state index contributed by atoms with van der Waals surface area (Å²) in [5, 5.41) is 0. The largest absolute Gasteiger partial charge is 0.497 e. The highest BCUT2D eigenvalue weighted by atomic mass is 16.5. The molecule has 5 nitrogen and oxygen atoms in total. The predicted molar refractivity (Wildman–Crippen MR) is 120 cm³/mol. The van der Waals surface area contributed by atoms with Crippen molar-refractivity contribution in [2.24, 2.45) is 5.41 Å². The van der Waals surface area contributed by atoms with Gasteiger partial charge in [-0.3, -0.25) is 9.59 Å². The number of Topliss-reactive ketones (excluding diaryl/α,β-unsaturated/α-hetero) is 1. The molecule has 0 spiro atoms. The Morgan fingerprint density at radius 2 is 1.77 bits per heavy atom. The first-order valence-electron chi connectivity index (χ1n) is 10.5. The van der Waals surface area contributed by atoms with E-state index >= 15 is 0 Å². The number of rotatable bonds is 5. The third kappa shape index (κ3) is 3.76. The molecule has 2 aromatic carbocycles. The molecule has 0 amide bonds. The number of fused-ring (bicyclic) bond motifs is 1. The molecule has 0 aliphatic heterocycles. The molecule has 5 heteroatoms. The minimum Gasteiger partial charge on any atom is -0.497 e. The van der Waals surface area contributed by atoms with Gasteiger partial charge in [-0.1, -0.05) is 51.1 Å². The number of ether oxygens (including phenoxy) is 2. The highest BCUT2D eigenvalue weighted by Crippen LogP contribution is 2.49. The lowest BCUT2D eigenvalue weighted by Gasteiger charge is -2.38. The van der Waals surface area contributed by atoms with E-state index in [4.69, 9.17) is 9.47 Å². The Hall–Kier alpha value is -3.34. The van der Waals surface area contributed by atoms with Crippen LogP contribution in [-0.4, -0.2) is 23.4 Å². The van der Waals surface area contributed by atoms with Crippen molar-refractivity contribution in [3.8, 4) is 22.7 Å². The van der Waals surface area contributed by atoms with E-state index in [9.17, 15) is 9.59 Å². The standard InChI is InChI=1S/C26H27NO4/c1-5-23(29)31-25-24-20(22(28)16-26(25,2)3)15-21(17-9-7-6-8-10-17)27(24)18-11-13-19(30-4)14-12-18/h6-15,25H,5,16H2,1-4H3/t25-/m1/s1. The van der Waals surface area contributed by atoms with E-state index in [1.54, 1.807) is 14.0 Å². The van der Waals surface area contributed by atoms with Gasteiger partial charge >= 0.3 is 5.97 Å². The second-order valence-corrected chi connectivity index (χ2v) is 8.54. The van der Waals surface area contributed by atoms with E-state index < -0.39 is 11.5 Å². The van der Waals surface area contributed by atoms with E-state index in [1.807, 2.05) is 74.5 Å². The van der Waals surface area contributed by atoms with Gasteiger partial charge in [0.25, 0.3) is 0 Å². The summed E-state index contributed by atoms with van der Waals surface area (Å²) in [4.78, 5) is 25.5. The van der Waals surface area contributed by atoms with Crippen molar-refractivity contribution in [1.29, 1.82) is 0 Å². The summed E-state index contributed by atoms with van der Waals surface area (Å²) >= 11 is 0. The fraction of sp³-hybridized carbons (Fsp3) is 0.308. The highest BCUT2D eigenvalue weighted by molar-refractivity contribution is 6.01. The minimum atomic E-state index is -0.535. The number of esters is 1. The maximum Gasteiger partial charge on any atom is 0.306 e. The van der Waals surface area contributed by atoms with Gasteiger partial charge in [-0.05, 0) is 35.9 Å². The van der Waals surface area contributed by atoms with Gasteiger partial charge in [0, 0.05) is 29.5 Å². The Labute approximate surface area is 182 Å². The van der Waals surface area contributed by atoms with E-state index in [2.05, 4.69) is 4.57 Å². The molecule has 0 saturated heterocycles. The average Bonchev–Trinajstić information content (AvgIpc) is 3.17. The van der Waals surface area contributed by atoms with Crippen molar-refractivity contribution in [3.63, 3.8) is 0 Å². The van der Waals surface area contributed by atoms with Gasteiger partial charge in [0.15, 0.2) is 5.78 Å². The summed E-state index contributed by atoms with van der Waals surface area (Å²) in [6, 6.07) is 19.6. The molecular formula is C26H27NO4. The molecule has 1 heterocycles. The number of ketones is 1. The Morgan fingerprint density at radius 3 is 2.39 bits per heavy atom. The fourth-order valence-electron chi connectivity index (χ4n) is 4.24. The van der Waals surface area contributed by atoms with E-state index in [0.717, 1.165) is 28.4 Å². The smallest absolute Gasteiger partial charge is 0.306 e. The van der Waals surface area contributed by atoms with Crippen molar-refractivity contribution < 1.29 is 19.1 Å². The molecule has 0 bridgehead atoms. The highest BCUT2D eigenvalue weighted by Gasteiger charge is 2.45. The molecule has 1 aromatic heterocycles. The Bertz CT molecular complexity index is 1110. The summed E-state index contributed by atoms with van der Waals surface area (Å²) in [6.07, 6.45) is 0.0693. The lowest BCUT2D eigenvalue weighted by atomic mass is 9.73. The molecule has 0 radical (unpaired) electrons. The number of methoxy groups -OCH3 is 1. The zero-order chi connectivity index (χ0) is 22.2. The second kappa shape index (κ2) is 8.06. The van der Waals surface area contributed by atoms with Gasteiger partial charge in [-0.15, -0.1) is 0 Å². The van der Waals surface area contributed by atoms with Crippen LogP contribution in [0.2, 0.25) is 0 Å². The lowest BCUT2D eigenvalue weighted by Crippen LogP contribution is -2.35. The Kier molecular flexibility index (Phi) is 5.44. The summed E-state index contributed by atoms with van der Waals surface area (Å²) in [5.41, 5.74) is 3.57. The first-order valence-corrected chi connectivity index (χ1v) is 10.5. The summed E-state index contributed by atoms with van der Waals surface area (Å²) in [7, 11) is 1.63. The second-order valence-electron chi connectivity index (χ2n) is 8.54. The van der Waals surface area contributed by atoms with Gasteiger partial charge in [-0.25, -0.2) is 0 Å². The number of hydrogen-bond acceptors (Lipinski definition) is 4. The fourth-order valence-corrected chi connectivity index (χ4v) is 4.24. The van der Waals surface area contributed by atoms with Gasteiger partial charge in [-0.2, -0.15) is 0 Å². The average molecular weight is 418 g/mol. The van der Waals surface area contributed by atoms with E-state index in [-0.39, 0.29) is 18.2 Å². The van der Waals surface area contributed by atoms with Gasteiger partial charge in [0.05, 0.1) is 18.5 Å². The van der Waals surface area contributed by atoms with Crippen molar-refractivity contribution >= 4 is 11.8 Å². The molecule has 3 aromatic rings. The third-order valence-electron chi connectivity index (χ3n) is 5.85. The lowest BCUT2D eigenvalue weighted by molar-refractivity contribution is -0.156. The zero-order valence-corrected chi connectivity index (χ0v) is 18.3. The van der Waals surface area contributed by atoms with Crippen LogP contribution in [0.25, 0.3) is 16.9 Å². The van der Waals surface area contributed by atoms with Gasteiger partial charge < -0.3 is 14.0 Å². The number of carbonyl (C=O) groups excluding carboxylic acids is 2. The van der Waals surface area contributed by atoms with Crippen LogP contribution < -0.4 is 4.74 Å². The molecule has 1 aliphatic rings. The Balaban J connectivity index is 2.01. The molecule has 0 saturated carbocycles. The van der Waals surface area contributed by atoms with Crippen LogP contribution in [0, 0.1) is 5.41 Å². The van der Waals surface area contributed by atoms with Crippen molar-refractivity contribution in [1.82, 2.24) is 4.57 Å². The van der Waals surface area contributed by atoms with Gasteiger partial charge in [0.2, 0.25) is 0 Å². The molecule has 0 fully saturated rings. The van der Waals surface area contributed by atoms with Gasteiger partial charge in [0.1, 0.15) is 11.9 Å². The first kappa shape index (κ1) is 20.9. The SMILES string of the molecule is CCC(=O)O[C@@H]1c2c(cc(-c3ccccc3)n2-c2ccc(OC)cc2)C(=O)CC1(C)C. The van der Waals surface area contributed by atoms with Crippen LogP contribution in [0.15, 0.2) is 60.7 Å². The quantitative estimate of drug-likeness (QED) is 0.495. The molecule has 1 atom stereocenters. The number of carbonyl (C=O) groups is 2. The number of nitrogens with zero attached hydrogens (tertiary/aromatic N) is 1. The molecule has 31 heavy (non-hydrogen) atoms. The summed E-state index contributed by atoms with van der Waals surface area (Å²) < 4.78 is 13.3. The van der Waals surface area contributed by atoms with Crippen LogP contribution in [0.1, 0.15) is 55.8 Å². The van der Waals surface area contributed by atoms with Crippen LogP contribution >= 0.6 is 0 Å². The third-order valence-corrected chi connectivity index (χ3v) is 5.85. The topological polar surface area (TPSA) is 57.5 Å². The first-order chi connectivity index (χ1) is 14.9. The van der Waals surface area contributed by atoms with Crippen LogP contribution in [0.3, 0.4) is 0 Å². The molecule has 0 unspecified atom stereocenters. The van der Waals surface area contributed by atoms with Crippen LogP contribution in [0.5, 0.6) is 5.75 Å². The zero-order valence-electron chi connectivity index (χ0n) is 18.3. The number of aromatic nitrogens is 1. The van der Waals surface area contributed by atoms with Crippen LogP contribution in [0.4, 0.5) is 0 Å². The van der Waals surface area contributed by atoms with E-state index in [1.165, 1.54) is 0 Å². The normalized spacial score (nSPS) is 17.2. The van der Waals surface area contributed by atoms with E-state index in [0.29, 0.717) is 12.0 Å². The molecule has 4 rings (SSSR count). The molecule has 1 aliphatic carbocycles. The number of hydrogen-bond donors (Lipinski definition) is 0. The maximum absolute atomic E-state index is 13.2. The van der Waals surface area contributed by atoms with Crippen LogP contribution in [-0.2, 0) is 9.53 Å². The minimum absolute atomic E-state index is 0.0632. The summed E-state index contributed by atoms with van der Waals surface area (Å²) in [5.74, 6) is 0.534. The maximum atomic E-state index is 13.2. The van der Waals surface area contributed by atoms with Crippen molar-refractivity contribution in [3.05, 3.63) is 71.9 Å². The molecular weight excluding hydrogens is 390 g/mol. The monoisotopic (exact) mass is 417 g/mol.